The maximum Gasteiger partial charge on any atom is 0.264 e. The summed E-state index contributed by atoms with van der Waals surface area (Å²) in [5.74, 6) is 0.492. The molecule has 0 aliphatic carbocycles. The number of benzene rings is 3. The van der Waals surface area contributed by atoms with Gasteiger partial charge in [0.25, 0.3) is 10.0 Å². The number of methoxy groups -OCH3 is 1. The van der Waals surface area contributed by atoms with Crippen molar-refractivity contribution in [3.63, 3.8) is 0 Å². The van der Waals surface area contributed by atoms with Crippen LogP contribution in [0.15, 0.2) is 77.7 Å². The minimum absolute atomic E-state index is 0.0722. The lowest BCUT2D eigenvalue weighted by Crippen LogP contribution is -2.41. The molecule has 1 amide bonds. The van der Waals surface area contributed by atoms with Crippen LogP contribution in [0.1, 0.15) is 5.56 Å². The lowest BCUT2D eigenvalue weighted by molar-refractivity contribution is -0.119. The second-order valence-electron chi connectivity index (χ2n) is 7.13. The lowest BCUT2D eigenvalue weighted by Gasteiger charge is -2.24. The first-order valence-corrected chi connectivity index (χ1v) is 13.3. The maximum atomic E-state index is 13.9. The Balaban J connectivity index is 1.66. The number of carbonyl (C=O) groups is 1. The van der Waals surface area contributed by atoms with Crippen LogP contribution < -0.4 is 14.4 Å². The van der Waals surface area contributed by atoms with Crippen molar-refractivity contribution in [2.24, 2.45) is 0 Å². The highest BCUT2D eigenvalue weighted by atomic mass is 35.5. The first-order valence-electron chi connectivity index (χ1n) is 10.3. The average Bonchev–Trinajstić information content (AvgIpc) is 2.84. The topological polar surface area (TPSA) is 75.7 Å². The zero-order valence-electron chi connectivity index (χ0n) is 18.4. The largest absolute Gasteiger partial charge is 0.497 e. The Morgan fingerprint density at radius 2 is 1.82 bits per heavy atom. The Kier molecular flexibility index (Phi) is 9.20. The molecule has 3 rings (SSSR count). The number of ether oxygens (including phenoxy) is 1. The van der Waals surface area contributed by atoms with Crippen molar-refractivity contribution < 1.29 is 22.3 Å². The molecule has 1 N–H and O–H groups in total. The molecule has 0 saturated carbocycles. The SMILES string of the molecule is COc1cccc(N(CC(=O)NCCSCc2c(F)cccc2Cl)S(=O)(=O)c2ccccc2)c1. The van der Waals surface area contributed by atoms with Gasteiger partial charge in [-0.2, -0.15) is 11.8 Å². The molecule has 0 saturated heterocycles. The summed E-state index contributed by atoms with van der Waals surface area (Å²) in [5, 5.41) is 3.08. The summed E-state index contributed by atoms with van der Waals surface area (Å²) in [7, 11) is -2.52. The van der Waals surface area contributed by atoms with E-state index in [1.54, 1.807) is 54.6 Å². The van der Waals surface area contributed by atoms with Crippen molar-refractivity contribution in [2.75, 3.05) is 30.3 Å². The lowest BCUT2D eigenvalue weighted by atomic mass is 10.2. The molecule has 180 valence electrons. The number of rotatable bonds is 11. The number of anilines is 1. The van der Waals surface area contributed by atoms with E-state index >= 15 is 0 Å². The van der Waals surface area contributed by atoms with Gasteiger partial charge in [-0.1, -0.05) is 41.9 Å². The fourth-order valence-corrected chi connectivity index (χ4v) is 5.72. The van der Waals surface area contributed by atoms with Crippen molar-refractivity contribution in [2.45, 2.75) is 10.6 Å². The molecule has 10 heteroatoms. The molecule has 3 aromatic rings. The predicted molar refractivity (Wildman–Crippen MR) is 135 cm³/mol. The minimum atomic E-state index is -4.00. The highest BCUT2D eigenvalue weighted by Crippen LogP contribution is 2.27. The average molecular weight is 523 g/mol. The molecule has 3 aromatic carbocycles. The van der Waals surface area contributed by atoms with E-state index in [1.807, 2.05) is 0 Å². The Morgan fingerprint density at radius 3 is 2.53 bits per heavy atom. The Bertz CT molecular complexity index is 1210. The van der Waals surface area contributed by atoms with E-state index in [9.17, 15) is 17.6 Å². The first kappa shape index (κ1) is 25.9. The van der Waals surface area contributed by atoms with E-state index in [1.165, 1.54) is 37.1 Å². The van der Waals surface area contributed by atoms with E-state index < -0.39 is 22.5 Å². The standard InChI is InChI=1S/C24H24ClFN2O4S2/c1-32-19-8-5-7-18(15-19)28(34(30,31)20-9-3-2-4-10-20)16-24(29)27-13-14-33-17-21-22(25)11-6-12-23(21)26/h2-12,15H,13-14,16-17H2,1H3,(H,27,29). The summed E-state index contributed by atoms with van der Waals surface area (Å²) >= 11 is 7.44. The Labute approximate surface area is 208 Å². The minimum Gasteiger partial charge on any atom is -0.497 e. The molecule has 0 heterocycles. The molecular formula is C24H24ClFN2O4S2. The van der Waals surface area contributed by atoms with E-state index in [-0.39, 0.29) is 17.3 Å². The molecule has 6 nitrogen and oxygen atoms in total. The second kappa shape index (κ2) is 12.1. The first-order chi connectivity index (χ1) is 16.3. The fourth-order valence-electron chi connectivity index (χ4n) is 3.09. The normalized spacial score (nSPS) is 11.1. The van der Waals surface area contributed by atoms with Crippen LogP contribution in [-0.4, -0.2) is 40.3 Å². The summed E-state index contributed by atoms with van der Waals surface area (Å²) < 4.78 is 46.8. The van der Waals surface area contributed by atoms with Crippen LogP contribution in [-0.2, 0) is 20.6 Å². The smallest absolute Gasteiger partial charge is 0.264 e. The maximum absolute atomic E-state index is 13.9. The second-order valence-corrected chi connectivity index (χ2v) is 10.5. The van der Waals surface area contributed by atoms with Crippen molar-refractivity contribution >= 4 is 45.0 Å². The zero-order valence-corrected chi connectivity index (χ0v) is 20.8. The van der Waals surface area contributed by atoms with Gasteiger partial charge < -0.3 is 10.1 Å². The van der Waals surface area contributed by atoms with Gasteiger partial charge in [-0.25, -0.2) is 12.8 Å². The molecule has 0 aliphatic rings. The molecular weight excluding hydrogens is 499 g/mol. The van der Waals surface area contributed by atoms with Crippen LogP contribution in [0, 0.1) is 5.82 Å². The van der Waals surface area contributed by atoms with Crippen LogP contribution in [0.4, 0.5) is 10.1 Å². The fraction of sp³-hybridized carbons (Fsp3) is 0.208. The molecule has 0 aromatic heterocycles. The summed E-state index contributed by atoms with van der Waals surface area (Å²) in [6.45, 7) is -0.124. The van der Waals surface area contributed by atoms with Crippen LogP contribution in [0.5, 0.6) is 5.75 Å². The van der Waals surface area contributed by atoms with Gasteiger partial charge in [0.15, 0.2) is 0 Å². The number of sulfonamides is 1. The number of hydrogen-bond donors (Lipinski definition) is 1. The number of thioether (sulfide) groups is 1. The highest BCUT2D eigenvalue weighted by Gasteiger charge is 2.27. The predicted octanol–water partition coefficient (Wildman–Crippen LogP) is 4.73. The quantitative estimate of drug-likeness (QED) is 0.368. The van der Waals surface area contributed by atoms with Gasteiger partial charge in [0.1, 0.15) is 18.1 Å². The third kappa shape index (κ3) is 6.65. The Hall–Kier alpha value is -2.75. The van der Waals surface area contributed by atoms with Gasteiger partial charge in [0, 0.05) is 34.7 Å². The van der Waals surface area contributed by atoms with Crippen molar-refractivity contribution in [1.82, 2.24) is 5.32 Å². The van der Waals surface area contributed by atoms with E-state index in [0.29, 0.717) is 33.5 Å². The molecule has 0 bridgehead atoms. The molecule has 0 fully saturated rings. The number of nitrogens with zero attached hydrogens (tertiary/aromatic N) is 1. The van der Waals surface area contributed by atoms with Crippen molar-refractivity contribution in [3.8, 4) is 5.75 Å². The van der Waals surface area contributed by atoms with Crippen LogP contribution >= 0.6 is 23.4 Å². The van der Waals surface area contributed by atoms with Gasteiger partial charge in [-0.05, 0) is 36.4 Å². The monoisotopic (exact) mass is 522 g/mol. The molecule has 0 unspecified atom stereocenters. The van der Waals surface area contributed by atoms with Gasteiger partial charge in [0.05, 0.1) is 17.7 Å². The van der Waals surface area contributed by atoms with E-state index in [2.05, 4.69) is 5.32 Å². The van der Waals surface area contributed by atoms with Crippen LogP contribution in [0.2, 0.25) is 5.02 Å². The highest BCUT2D eigenvalue weighted by molar-refractivity contribution is 7.98. The van der Waals surface area contributed by atoms with Crippen LogP contribution in [0.25, 0.3) is 0 Å². The summed E-state index contributed by atoms with van der Waals surface area (Å²) in [6.07, 6.45) is 0. The third-order valence-electron chi connectivity index (χ3n) is 4.84. The van der Waals surface area contributed by atoms with E-state index in [0.717, 1.165) is 4.31 Å². The number of halogens is 2. The van der Waals surface area contributed by atoms with Gasteiger partial charge in [-0.15, -0.1) is 0 Å². The number of hydrogen-bond acceptors (Lipinski definition) is 5. The summed E-state index contributed by atoms with van der Waals surface area (Å²) in [5.41, 5.74) is 0.723. The van der Waals surface area contributed by atoms with Gasteiger partial charge in [-0.3, -0.25) is 9.10 Å². The summed E-state index contributed by atoms with van der Waals surface area (Å²) in [6, 6.07) is 18.9. The molecule has 0 aliphatic heterocycles. The third-order valence-corrected chi connectivity index (χ3v) is 7.96. The van der Waals surface area contributed by atoms with Crippen LogP contribution in [0.3, 0.4) is 0 Å². The number of nitrogens with one attached hydrogen (secondary N) is 1. The molecule has 0 atom stereocenters. The molecule has 0 radical (unpaired) electrons. The van der Waals surface area contributed by atoms with E-state index in [4.69, 9.17) is 16.3 Å². The number of carbonyl (C=O) groups excluding carboxylic acids is 1. The summed E-state index contributed by atoms with van der Waals surface area (Å²) in [4.78, 5) is 12.7. The zero-order chi connectivity index (χ0) is 24.6. The van der Waals surface area contributed by atoms with Gasteiger partial charge >= 0.3 is 0 Å². The van der Waals surface area contributed by atoms with Crippen molar-refractivity contribution in [1.29, 1.82) is 0 Å². The number of amides is 1. The molecule has 34 heavy (non-hydrogen) atoms. The molecule has 0 spiro atoms. The van der Waals surface area contributed by atoms with Gasteiger partial charge in [0.2, 0.25) is 5.91 Å². The Morgan fingerprint density at radius 1 is 1.09 bits per heavy atom. The van der Waals surface area contributed by atoms with Crippen molar-refractivity contribution in [3.05, 3.63) is 89.2 Å².